The Balaban J connectivity index is 2.58. The molecule has 0 saturated heterocycles. The van der Waals surface area contributed by atoms with Crippen LogP contribution in [0.1, 0.15) is 31.4 Å². The smallest absolute Gasteiger partial charge is 0.145 e. The van der Waals surface area contributed by atoms with Crippen LogP contribution >= 0.6 is 11.8 Å². The molecule has 0 aliphatic heterocycles. The number of ketones is 1. The van der Waals surface area contributed by atoms with E-state index in [1.165, 1.54) is 16.0 Å². The Labute approximate surface area is 103 Å². The molecule has 0 saturated carbocycles. The van der Waals surface area contributed by atoms with Crippen LogP contribution in [-0.2, 0) is 4.79 Å². The van der Waals surface area contributed by atoms with Crippen molar-refractivity contribution in [1.82, 2.24) is 0 Å². The topological polar surface area (TPSA) is 17.1 Å². The predicted octanol–water partition coefficient (Wildman–Crippen LogP) is 4.01. The normalized spacial score (nSPS) is 12.5. The number of hydrogen-bond acceptors (Lipinski definition) is 2. The molecule has 0 spiro atoms. The number of hydrogen-bond donors (Lipinski definition) is 0. The largest absolute Gasteiger partial charge is 0.298 e. The van der Waals surface area contributed by atoms with E-state index in [-0.39, 0.29) is 5.92 Å². The molecule has 0 amide bonds. The minimum Gasteiger partial charge on any atom is -0.298 e. The Morgan fingerprint density at radius 3 is 2.62 bits per heavy atom. The fraction of sp³-hybridized carbons (Fsp3) is 0.500. The Bertz CT molecular complexity index is 371. The van der Waals surface area contributed by atoms with Crippen LogP contribution in [0.15, 0.2) is 23.1 Å². The van der Waals surface area contributed by atoms with Crippen LogP contribution in [0, 0.1) is 19.8 Å². The highest BCUT2D eigenvalue weighted by atomic mass is 32.2. The monoisotopic (exact) mass is 236 g/mol. The molecular formula is C14H20OS. The van der Waals surface area contributed by atoms with E-state index in [1.54, 1.807) is 11.8 Å². The van der Waals surface area contributed by atoms with Crippen molar-refractivity contribution in [2.75, 3.05) is 5.75 Å². The van der Waals surface area contributed by atoms with Crippen LogP contribution in [0.25, 0.3) is 0 Å². The average molecular weight is 236 g/mol. The van der Waals surface area contributed by atoms with Crippen molar-refractivity contribution in [3.63, 3.8) is 0 Å². The van der Waals surface area contributed by atoms with Crippen LogP contribution < -0.4 is 0 Å². The third-order valence-corrected chi connectivity index (χ3v) is 4.06. The van der Waals surface area contributed by atoms with Crippen LogP contribution in [0.2, 0.25) is 0 Å². The van der Waals surface area contributed by atoms with Crippen molar-refractivity contribution < 1.29 is 4.79 Å². The molecule has 1 aromatic carbocycles. The van der Waals surface area contributed by atoms with E-state index in [1.807, 2.05) is 6.92 Å². The number of Topliss-reactive ketones (excluding diaryl/α,β-unsaturated/α-hetero) is 1. The van der Waals surface area contributed by atoms with Gasteiger partial charge in [-0.2, -0.15) is 0 Å². The molecule has 0 bridgehead atoms. The summed E-state index contributed by atoms with van der Waals surface area (Å²) in [7, 11) is 0. The third-order valence-electron chi connectivity index (χ3n) is 2.86. The Hall–Kier alpha value is -0.760. The summed E-state index contributed by atoms with van der Waals surface area (Å²) >= 11 is 1.66. The fourth-order valence-corrected chi connectivity index (χ4v) is 2.51. The summed E-state index contributed by atoms with van der Waals surface area (Å²) in [5.74, 6) is 1.14. The van der Waals surface area contributed by atoms with E-state index in [4.69, 9.17) is 0 Å². The van der Waals surface area contributed by atoms with Crippen LogP contribution in [0.5, 0.6) is 0 Å². The number of carbonyl (C=O) groups is 1. The first-order valence-corrected chi connectivity index (χ1v) is 6.76. The van der Waals surface area contributed by atoms with Crippen molar-refractivity contribution in [3.8, 4) is 0 Å². The summed E-state index contributed by atoms with van der Waals surface area (Å²) < 4.78 is 0. The molecule has 1 unspecified atom stereocenters. The summed E-state index contributed by atoms with van der Waals surface area (Å²) in [6, 6.07) is 6.37. The quantitative estimate of drug-likeness (QED) is 0.718. The fourth-order valence-electron chi connectivity index (χ4n) is 1.48. The predicted molar refractivity (Wildman–Crippen MR) is 71.1 cm³/mol. The maximum atomic E-state index is 11.7. The number of aryl methyl sites for hydroxylation is 2. The number of thioether (sulfide) groups is 1. The van der Waals surface area contributed by atoms with Gasteiger partial charge < -0.3 is 0 Å². The second-order valence-corrected chi connectivity index (χ2v) is 5.35. The lowest BCUT2D eigenvalue weighted by atomic mass is 10.1. The summed E-state index contributed by atoms with van der Waals surface area (Å²) in [5.41, 5.74) is 2.54. The molecule has 0 heterocycles. The van der Waals surface area contributed by atoms with E-state index < -0.39 is 0 Å². The number of rotatable bonds is 5. The van der Waals surface area contributed by atoms with Crippen LogP contribution in [0.3, 0.4) is 0 Å². The van der Waals surface area contributed by atoms with Crippen molar-refractivity contribution in [2.24, 2.45) is 5.92 Å². The Morgan fingerprint density at radius 2 is 2.06 bits per heavy atom. The van der Waals surface area contributed by atoms with E-state index in [9.17, 15) is 4.79 Å². The summed E-state index contributed by atoms with van der Waals surface area (Å²) in [6.07, 6.45) is 0.937. The standard InChI is InChI=1S/C14H20OS/c1-5-11(3)13(15)9-16-14-7-6-10(2)8-12(14)4/h6-8,11H,5,9H2,1-4H3. The lowest BCUT2D eigenvalue weighted by Gasteiger charge is -2.09. The van der Waals surface area contributed by atoms with E-state index in [0.717, 1.165) is 6.42 Å². The molecule has 2 heteroatoms. The molecule has 0 aliphatic carbocycles. The molecule has 16 heavy (non-hydrogen) atoms. The third kappa shape index (κ3) is 3.67. The maximum Gasteiger partial charge on any atom is 0.145 e. The second kappa shape index (κ2) is 6.09. The van der Waals surface area contributed by atoms with E-state index in [2.05, 4.69) is 39.0 Å². The number of carbonyl (C=O) groups excluding carboxylic acids is 1. The van der Waals surface area contributed by atoms with E-state index in [0.29, 0.717) is 11.5 Å². The Kier molecular flexibility index (Phi) is 5.07. The summed E-state index contributed by atoms with van der Waals surface area (Å²) in [6.45, 7) is 8.25. The maximum absolute atomic E-state index is 11.7. The van der Waals surface area contributed by atoms with E-state index >= 15 is 0 Å². The zero-order valence-corrected chi connectivity index (χ0v) is 11.4. The van der Waals surface area contributed by atoms with Gasteiger partial charge in [0, 0.05) is 10.8 Å². The first-order valence-electron chi connectivity index (χ1n) is 5.77. The molecule has 0 fully saturated rings. The molecule has 1 nitrogen and oxygen atoms in total. The highest BCUT2D eigenvalue weighted by molar-refractivity contribution is 8.00. The van der Waals surface area contributed by atoms with Gasteiger partial charge in [-0.15, -0.1) is 11.8 Å². The zero-order chi connectivity index (χ0) is 12.1. The lowest BCUT2D eigenvalue weighted by molar-refractivity contribution is -0.119. The molecule has 88 valence electrons. The van der Waals surface area contributed by atoms with Gasteiger partial charge in [-0.1, -0.05) is 31.5 Å². The summed E-state index contributed by atoms with van der Waals surface area (Å²) in [4.78, 5) is 12.9. The van der Waals surface area contributed by atoms with Crippen molar-refractivity contribution in [1.29, 1.82) is 0 Å². The van der Waals surface area contributed by atoms with Crippen molar-refractivity contribution in [3.05, 3.63) is 29.3 Å². The van der Waals surface area contributed by atoms with Gasteiger partial charge in [0.05, 0.1) is 5.75 Å². The molecule has 1 atom stereocenters. The van der Waals surface area contributed by atoms with Gasteiger partial charge in [0.15, 0.2) is 0 Å². The average Bonchev–Trinajstić information content (AvgIpc) is 2.26. The first kappa shape index (κ1) is 13.3. The minimum atomic E-state index is 0.193. The van der Waals surface area contributed by atoms with Gasteiger partial charge in [0.1, 0.15) is 5.78 Å². The van der Waals surface area contributed by atoms with Crippen molar-refractivity contribution >= 4 is 17.5 Å². The SMILES string of the molecule is CCC(C)C(=O)CSc1ccc(C)cc1C. The summed E-state index contributed by atoms with van der Waals surface area (Å²) in [5, 5.41) is 0. The molecule has 0 radical (unpaired) electrons. The molecule has 0 N–H and O–H groups in total. The molecule has 1 aromatic rings. The molecule has 0 aliphatic rings. The minimum absolute atomic E-state index is 0.193. The second-order valence-electron chi connectivity index (χ2n) is 4.33. The van der Waals surface area contributed by atoms with Crippen molar-refractivity contribution in [2.45, 2.75) is 39.0 Å². The van der Waals surface area contributed by atoms with Gasteiger partial charge in [-0.3, -0.25) is 4.79 Å². The van der Waals surface area contributed by atoms with Gasteiger partial charge in [0.25, 0.3) is 0 Å². The van der Waals surface area contributed by atoms with Gasteiger partial charge in [-0.05, 0) is 31.9 Å². The molecule has 1 rings (SSSR count). The molecular weight excluding hydrogens is 216 g/mol. The van der Waals surface area contributed by atoms with Gasteiger partial charge in [-0.25, -0.2) is 0 Å². The molecule has 0 aromatic heterocycles. The van der Waals surface area contributed by atoms with Crippen LogP contribution in [-0.4, -0.2) is 11.5 Å². The zero-order valence-electron chi connectivity index (χ0n) is 10.5. The highest BCUT2D eigenvalue weighted by Crippen LogP contribution is 2.24. The highest BCUT2D eigenvalue weighted by Gasteiger charge is 2.11. The first-order chi connectivity index (χ1) is 7.54. The number of benzene rings is 1. The Morgan fingerprint density at radius 1 is 1.38 bits per heavy atom. The van der Waals surface area contributed by atoms with Gasteiger partial charge >= 0.3 is 0 Å². The van der Waals surface area contributed by atoms with Gasteiger partial charge in [0.2, 0.25) is 0 Å². The lowest BCUT2D eigenvalue weighted by Crippen LogP contribution is -2.12. The van der Waals surface area contributed by atoms with Crippen LogP contribution in [0.4, 0.5) is 0 Å².